The molecule has 0 aromatic heterocycles. The van der Waals surface area contributed by atoms with Crippen LogP contribution >= 0.6 is 0 Å². The summed E-state index contributed by atoms with van der Waals surface area (Å²) in [5, 5.41) is 7.80. The number of para-hydroxylation sites is 4. The van der Waals surface area contributed by atoms with E-state index in [1.54, 1.807) is 0 Å². The van der Waals surface area contributed by atoms with Gasteiger partial charge < -0.3 is 9.80 Å². The van der Waals surface area contributed by atoms with Crippen LogP contribution in [0.15, 0.2) is 146 Å². The number of nitrogens with zero attached hydrogens (tertiary/aromatic N) is 2. The Morgan fingerprint density at radius 2 is 0.979 bits per heavy atom. The van der Waals surface area contributed by atoms with Gasteiger partial charge in [0.15, 0.2) is 0 Å². The van der Waals surface area contributed by atoms with Gasteiger partial charge in [-0.2, -0.15) is 0 Å². The predicted molar refractivity (Wildman–Crippen MR) is 204 cm³/mol. The van der Waals surface area contributed by atoms with Gasteiger partial charge in [-0.1, -0.05) is 131 Å². The molecule has 2 aliphatic rings. The minimum atomic E-state index is -0.174. The highest BCUT2D eigenvalue weighted by Gasteiger charge is 2.46. The lowest BCUT2D eigenvalue weighted by Crippen LogP contribution is -2.38. The average molecular weight is 617 g/mol. The van der Waals surface area contributed by atoms with Crippen molar-refractivity contribution in [1.82, 2.24) is 0 Å². The van der Waals surface area contributed by atoms with Crippen LogP contribution in [0.3, 0.4) is 0 Å². The molecule has 0 radical (unpaired) electrons. The van der Waals surface area contributed by atoms with Crippen molar-refractivity contribution in [2.75, 3.05) is 9.80 Å². The van der Waals surface area contributed by atoms with Crippen LogP contribution in [0.5, 0.6) is 0 Å². The van der Waals surface area contributed by atoms with Gasteiger partial charge in [0.05, 0.1) is 22.7 Å². The summed E-state index contributed by atoms with van der Waals surface area (Å²) in [5.74, 6) is 0. The highest BCUT2D eigenvalue weighted by molar-refractivity contribution is 6.29. The molecule has 0 aliphatic carbocycles. The highest BCUT2D eigenvalue weighted by atomic mass is 15.2. The summed E-state index contributed by atoms with van der Waals surface area (Å²) in [6.07, 6.45) is 0. The van der Waals surface area contributed by atoms with E-state index in [0.29, 0.717) is 0 Å². The molecule has 0 unspecified atom stereocenters. The second-order valence-electron chi connectivity index (χ2n) is 14.6. The third-order valence-electron chi connectivity index (χ3n) is 11.3. The monoisotopic (exact) mass is 616 g/mol. The first-order chi connectivity index (χ1) is 23.4. The maximum atomic E-state index is 2.61. The molecule has 0 saturated carbocycles. The molecule has 0 amide bonds. The molecular weight excluding hydrogens is 581 g/mol. The van der Waals surface area contributed by atoms with Gasteiger partial charge >= 0.3 is 0 Å². The normalized spacial score (nSPS) is 15.4. The predicted octanol–water partition coefficient (Wildman–Crippen LogP) is 12.8. The second-order valence-corrected chi connectivity index (χ2v) is 14.6. The van der Waals surface area contributed by atoms with Crippen LogP contribution in [0.4, 0.5) is 34.1 Å². The quantitative estimate of drug-likeness (QED) is 0.182. The minimum Gasteiger partial charge on any atom is -0.310 e. The summed E-state index contributed by atoms with van der Waals surface area (Å²) in [7, 11) is 0. The van der Waals surface area contributed by atoms with Crippen molar-refractivity contribution in [3.05, 3.63) is 168 Å². The van der Waals surface area contributed by atoms with Crippen LogP contribution in [0.2, 0.25) is 0 Å². The van der Waals surface area contributed by atoms with E-state index in [9.17, 15) is 0 Å². The lowest BCUT2D eigenvalue weighted by molar-refractivity contribution is 0.598. The number of rotatable bonds is 3. The minimum absolute atomic E-state index is 0.108. The fourth-order valence-corrected chi connectivity index (χ4v) is 8.97. The van der Waals surface area contributed by atoms with Crippen molar-refractivity contribution >= 4 is 66.4 Å². The number of hydrogen-bond acceptors (Lipinski definition) is 2. The molecule has 0 atom stereocenters. The Kier molecular flexibility index (Phi) is 5.44. The largest absolute Gasteiger partial charge is 0.310 e. The van der Waals surface area contributed by atoms with Crippen molar-refractivity contribution < 1.29 is 0 Å². The molecular formula is C46H36N2. The zero-order valence-electron chi connectivity index (χ0n) is 27.8. The van der Waals surface area contributed by atoms with Crippen molar-refractivity contribution in [3.63, 3.8) is 0 Å². The van der Waals surface area contributed by atoms with Gasteiger partial charge in [0.2, 0.25) is 0 Å². The number of benzene rings is 8. The van der Waals surface area contributed by atoms with Gasteiger partial charge in [-0.15, -0.1) is 0 Å². The van der Waals surface area contributed by atoms with Crippen LogP contribution < -0.4 is 9.80 Å². The van der Waals surface area contributed by atoms with E-state index in [1.807, 2.05) is 0 Å². The van der Waals surface area contributed by atoms with Crippen LogP contribution in [-0.4, -0.2) is 0 Å². The van der Waals surface area contributed by atoms with Gasteiger partial charge in [0.1, 0.15) is 0 Å². The third kappa shape index (κ3) is 3.47. The maximum Gasteiger partial charge on any atom is 0.0581 e. The first-order valence-corrected chi connectivity index (χ1v) is 17.0. The van der Waals surface area contributed by atoms with E-state index in [-0.39, 0.29) is 10.8 Å². The Labute approximate surface area is 281 Å². The van der Waals surface area contributed by atoms with E-state index < -0.39 is 0 Å². The molecule has 2 aliphatic heterocycles. The zero-order valence-corrected chi connectivity index (χ0v) is 27.8. The molecule has 0 N–H and O–H groups in total. The van der Waals surface area contributed by atoms with Crippen molar-refractivity contribution in [1.29, 1.82) is 0 Å². The molecule has 8 aromatic rings. The van der Waals surface area contributed by atoms with E-state index in [4.69, 9.17) is 0 Å². The first-order valence-electron chi connectivity index (χ1n) is 17.0. The average Bonchev–Trinajstić information content (AvgIpc) is 3.12. The SMILES string of the molecule is CC1(C)c2ccccc2N2c3c1cccc3C(C)(C)c1cc3ccc4c(N(c5ccccc5)c5ccccc5)ccc5ccc(c12)c3c54. The molecule has 2 heteroatoms. The Morgan fingerprint density at radius 3 is 1.69 bits per heavy atom. The lowest BCUT2D eigenvalue weighted by Gasteiger charge is -2.50. The first kappa shape index (κ1) is 27.5. The fraction of sp³-hybridized carbons (Fsp3) is 0.130. The molecule has 0 saturated heterocycles. The topological polar surface area (TPSA) is 6.48 Å². The van der Waals surface area contributed by atoms with Gasteiger partial charge in [-0.25, -0.2) is 0 Å². The summed E-state index contributed by atoms with van der Waals surface area (Å²) >= 11 is 0. The van der Waals surface area contributed by atoms with Crippen LogP contribution in [-0.2, 0) is 10.8 Å². The van der Waals surface area contributed by atoms with Gasteiger partial charge in [-0.05, 0) is 86.3 Å². The molecule has 8 aromatic carbocycles. The Balaban J connectivity index is 1.32. The molecule has 2 nitrogen and oxygen atoms in total. The van der Waals surface area contributed by atoms with Crippen LogP contribution in [0.25, 0.3) is 32.3 Å². The zero-order chi connectivity index (χ0) is 32.4. The lowest BCUT2D eigenvalue weighted by atomic mass is 9.66. The summed E-state index contributed by atoms with van der Waals surface area (Å²) in [4.78, 5) is 5.01. The molecule has 2 heterocycles. The summed E-state index contributed by atoms with van der Waals surface area (Å²) in [6.45, 7) is 9.61. The number of fused-ring (bicyclic) bond motifs is 5. The van der Waals surface area contributed by atoms with Gasteiger partial charge in [0, 0.05) is 33.0 Å². The van der Waals surface area contributed by atoms with Crippen molar-refractivity contribution in [3.8, 4) is 0 Å². The van der Waals surface area contributed by atoms with E-state index in [0.717, 1.165) is 11.4 Å². The van der Waals surface area contributed by atoms with Crippen LogP contribution in [0.1, 0.15) is 49.9 Å². The molecule has 48 heavy (non-hydrogen) atoms. The summed E-state index contributed by atoms with van der Waals surface area (Å²) in [5.41, 5.74) is 12.7. The number of hydrogen-bond donors (Lipinski definition) is 0. The Bertz CT molecular complexity index is 2520. The molecule has 230 valence electrons. The summed E-state index contributed by atoms with van der Waals surface area (Å²) < 4.78 is 0. The second kappa shape index (κ2) is 9.49. The summed E-state index contributed by atoms with van der Waals surface area (Å²) in [6, 6.07) is 54.1. The third-order valence-corrected chi connectivity index (χ3v) is 11.3. The number of anilines is 6. The molecule has 0 bridgehead atoms. The van der Waals surface area contributed by atoms with Gasteiger partial charge in [-0.3, -0.25) is 0 Å². The highest BCUT2D eigenvalue weighted by Crippen LogP contribution is 2.62. The standard InChI is InChI=1S/C46H36N2/c1-45(2)35-18-11-12-21-40(35)48-43-34-26-22-29-24-27-39(47(31-14-7-5-8-15-31)32-16-9-6-10-17-32)33-25-23-30(42(34)41(29)33)28-38(43)46(3,4)37-20-13-19-36(45)44(37)48/h5-28H,1-4H3. The van der Waals surface area contributed by atoms with E-state index >= 15 is 0 Å². The van der Waals surface area contributed by atoms with E-state index in [2.05, 4.69) is 183 Å². The van der Waals surface area contributed by atoms with Crippen LogP contribution in [0, 0.1) is 0 Å². The fourth-order valence-electron chi connectivity index (χ4n) is 8.97. The maximum absolute atomic E-state index is 2.61. The van der Waals surface area contributed by atoms with E-state index in [1.165, 1.54) is 77.3 Å². The smallest absolute Gasteiger partial charge is 0.0581 e. The molecule has 0 fully saturated rings. The Morgan fingerprint density at radius 1 is 0.438 bits per heavy atom. The molecule has 10 rings (SSSR count). The molecule has 0 spiro atoms. The van der Waals surface area contributed by atoms with Crippen molar-refractivity contribution in [2.45, 2.75) is 38.5 Å². The van der Waals surface area contributed by atoms with Crippen molar-refractivity contribution in [2.24, 2.45) is 0 Å². The van der Waals surface area contributed by atoms with Gasteiger partial charge in [0.25, 0.3) is 0 Å². The Hall–Kier alpha value is -5.60.